The number of fused-ring (bicyclic) bond motifs is 1. The summed E-state index contributed by atoms with van der Waals surface area (Å²) in [6.45, 7) is 0. The van der Waals surface area contributed by atoms with E-state index in [2.05, 4.69) is 9.44 Å². The van der Waals surface area contributed by atoms with E-state index in [4.69, 9.17) is 11.6 Å². The van der Waals surface area contributed by atoms with Gasteiger partial charge in [-0.2, -0.15) is 13.2 Å². The van der Waals surface area contributed by atoms with E-state index in [1.54, 1.807) is 0 Å². The number of hydrogen-bond donors (Lipinski definition) is 2. The summed E-state index contributed by atoms with van der Waals surface area (Å²) in [7, 11) is -8.65. The molecule has 0 radical (unpaired) electrons. The minimum Gasteiger partial charge on any atom is -0.277 e. The van der Waals surface area contributed by atoms with E-state index in [9.17, 15) is 30.0 Å². The van der Waals surface area contributed by atoms with Crippen LogP contribution >= 0.6 is 22.9 Å². The zero-order valence-electron chi connectivity index (χ0n) is 17.1. The van der Waals surface area contributed by atoms with Crippen LogP contribution in [0.15, 0.2) is 63.7 Å². The molecular weight excluding hydrogens is 533 g/mol. The van der Waals surface area contributed by atoms with Gasteiger partial charge in [-0.25, -0.2) is 16.8 Å². The fraction of sp³-hybridized carbons (Fsp3) is 0.143. The van der Waals surface area contributed by atoms with Gasteiger partial charge in [-0.05, 0) is 54.8 Å². The number of rotatable bonds is 6. The Balaban J connectivity index is 1.66. The molecule has 0 unspecified atom stereocenters. The maximum absolute atomic E-state index is 13.1. The molecule has 1 aliphatic carbocycles. The third-order valence-electron chi connectivity index (χ3n) is 4.88. The van der Waals surface area contributed by atoms with E-state index < -0.39 is 41.7 Å². The highest BCUT2D eigenvalue weighted by Crippen LogP contribution is 2.36. The average Bonchev–Trinajstić information content (AvgIpc) is 3.19. The summed E-state index contributed by atoms with van der Waals surface area (Å²) in [6, 6.07) is 8.98. The minimum atomic E-state index is -4.78. The van der Waals surface area contributed by atoms with Crippen LogP contribution in [0.2, 0.25) is 5.02 Å². The first-order chi connectivity index (χ1) is 15.9. The number of benzene rings is 2. The molecule has 180 valence electrons. The summed E-state index contributed by atoms with van der Waals surface area (Å²) in [4.78, 5) is 0.135. The van der Waals surface area contributed by atoms with Crippen LogP contribution in [0.25, 0.3) is 6.08 Å². The Morgan fingerprint density at radius 1 is 0.912 bits per heavy atom. The quantitative estimate of drug-likeness (QED) is 0.396. The van der Waals surface area contributed by atoms with Crippen molar-refractivity contribution in [3.05, 3.63) is 75.6 Å². The zero-order valence-corrected chi connectivity index (χ0v) is 20.3. The van der Waals surface area contributed by atoms with Crippen LogP contribution in [-0.2, 0) is 32.6 Å². The van der Waals surface area contributed by atoms with Gasteiger partial charge < -0.3 is 0 Å². The number of sulfonamides is 2. The van der Waals surface area contributed by atoms with Crippen LogP contribution in [0.3, 0.4) is 0 Å². The van der Waals surface area contributed by atoms with E-state index >= 15 is 0 Å². The summed E-state index contributed by atoms with van der Waals surface area (Å²) in [5.74, 6) is 0. The summed E-state index contributed by atoms with van der Waals surface area (Å²) in [5.41, 5.74) is -0.663. The first-order valence-electron chi connectivity index (χ1n) is 9.67. The molecule has 0 aliphatic heterocycles. The van der Waals surface area contributed by atoms with Crippen molar-refractivity contribution in [1.29, 1.82) is 0 Å². The van der Waals surface area contributed by atoms with Crippen molar-refractivity contribution >= 4 is 60.4 Å². The van der Waals surface area contributed by atoms with Crippen LogP contribution in [-0.4, -0.2) is 16.8 Å². The second-order valence-corrected chi connectivity index (χ2v) is 12.4. The highest BCUT2D eigenvalue weighted by molar-refractivity contribution is 7.94. The second kappa shape index (κ2) is 8.91. The Bertz CT molecular complexity index is 1500. The Kier molecular flexibility index (Phi) is 6.44. The van der Waals surface area contributed by atoms with Crippen LogP contribution < -0.4 is 9.44 Å². The fourth-order valence-electron chi connectivity index (χ4n) is 3.25. The number of halogens is 4. The maximum Gasteiger partial charge on any atom is 0.416 e. The molecule has 0 fully saturated rings. The van der Waals surface area contributed by atoms with Crippen LogP contribution in [0.1, 0.15) is 22.4 Å². The standard InChI is InChI=1S/C21H16ClF3N2O4S3/c22-15-10-9-14(21(23,24)25)12-19(15)33(28,29)26-16-6-2-3-7-17(16)27-34(30,31)20-11-13-5-1-4-8-18(13)32-20/h1-3,5-7,9-12,26-27H,4,8H2. The van der Waals surface area contributed by atoms with Gasteiger partial charge in [-0.15, -0.1) is 11.3 Å². The Morgan fingerprint density at radius 2 is 1.56 bits per heavy atom. The molecule has 0 amide bonds. The van der Waals surface area contributed by atoms with Crippen molar-refractivity contribution in [3.8, 4) is 0 Å². The average molecular weight is 549 g/mol. The molecule has 34 heavy (non-hydrogen) atoms. The lowest BCUT2D eigenvalue weighted by atomic mass is 10.1. The summed E-state index contributed by atoms with van der Waals surface area (Å²) < 4.78 is 95.5. The van der Waals surface area contributed by atoms with Gasteiger partial charge in [-0.3, -0.25) is 9.44 Å². The van der Waals surface area contributed by atoms with Gasteiger partial charge in [0.1, 0.15) is 9.10 Å². The largest absolute Gasteiger partial charge is 0.416 e. The van der Waals surface area contributed by atoms with Crippen molar-refractivity contribution in [2.24, 2.45) is 0 Å². The van der Waals surface area contributed by atoms with Gasteiger partial charge in [0, 0.05) is 4.88 Å². The summed E-state index contributed by atoms with van der Waals surface area (Å²) in [6.07, 6.45) is 0.540. The number of para-hydroxylation sites is 2. The van der Waals surface area contributed by atoms with Crippen LogP contribution in [0.5, 0.6) is 0 Å². The number of alkyl halides is 3. The predicted molar refractivity (Wildman–Crippen MR) is 126 cm³/mol. The summed E-state index contributed by atoms with van der Waals surface area (Å²) in [5, 5.41) is -0.421. The molecule has 1 heterocycles. The molecule has 0 bridgehead atoms. The van der Waals surface area contributed by atoms with E-state index in [-0.39, 0.29) is 15.6 Å². The van der Waals surface area contributed by atoms with Crippen molar-refractivity contribution in [1.82, 2.24) is 0 Å². The molecule has 2 N–H and O–H groups in total. The molecule has 3 aromatic rings. The first kappa shape index (κ1) is 24.6. The van der Waals surface area contributed by atoms with E-state index in [1.165, 1.54) is 30.3 Å². The van der Waals surface area contributed by atoms with E-state index in [0.717, 1.165) is 40.7 Å². The number of allylic oxidation sites excluding steroid dienone is 1. The van der Waals surface area contributed by atoms with Gasteiger partial charge in [0.15, 0.2) is 0 Å². The van der Waals surface area contributed by atoms with Crippen molar-refractivity contribution in [3.63, 3.8) is 0 Å². The summed E-state index contributed by atoms with van der Waals surface area (Å²) >= 11 is 6.99. The third-order valence-corrected chi connectivity index (χ3v) is 9.78. The normalized spacial score (nSPS) is 14.0. The second-order valence-electron chi connectivity index (χ2n) is 7.28. The van der Waals surface area contributed by atoms with Gasteiger partial charge in [0.05, 0.1) is 22.0 Å². The fourth-order valence-corrected chi connectivity index (χ4v) is 7.47. The smallest absolute Gasteiger partial charge is 0.277 e. The molecule has 1 aromatic heterocycles. The van der Waals surface area contributed by atoms with Gasteiger partial charge in [0.25, 0.3) is 20.0 Å². The van der Waals surface area contributed by atoms with Crippen LogP contribution in [0.4, 0.5) is 24.5 Å². The molecule has 6 nitrogen and oxygen atoms in total. The molecule has 0 spiro atoms. The van der Waals surface area contributed by atoms with Gasteiger partial charge in [0.2, 0.25) is 0 Å². The van der Waals surface area contributed by atoms with Crippen molar-refractivity contribution in [2.45, 2.75) is 28.1 Å². The van der Waals surface area contributed by atoms with Crippen molar-refractivity contribution < 1.29 is 30.0 Å². The SMILES string of the molecule is O=S(=O)(Nc1ccccc1NS(=O)(=O)c1cc(C(F)(F)F)ccc1Cl)c1cc2c(s1)CCC=C2. The van der Waals surface area contributed by atoms with Crippen LogP contribution in [0, 0.1) is 0 Å². The third kappa shape index (κ3) is 5.09. The number of thiophene rings is 1. The lowest BCUT2D eigenvalue weighted by Gasteiger charge is -2.15. The zero-order chi connectivity index (χ0) is 24.7. The number of hydrogen-bond acceptors (Lipinski definition) is 5. The predicted octanol–water partition coefficient (Wildman–Crippen LogP) is 5.98. The molecule has 13 heteroatoms. The van der Waals surface area contributed by atoms with Crippen molar-refractivity contribution in [2.75, 3.05) is 9.44 Å². The Morgan fingerprint density at radius 3 is 2.18 bits per heavy atom. The maximum atomic E-state index is 13.1. The van der Waals surface area contributed by atoms with E-state index in [1.807, 2.05) is 12.2 Å². The number of nitrogens with one attached hydrogen (secondary N) is 2. The minimum absolute atomic E-state index is 0.0580. The van der Waals surface area contributed by atoms with Gasteiger partial charge in [-0.1, -0.05) is 35.9 Å². The number of aryl methyl sites for hydroxylation is 1. The first-order valence-corrected chi connectivity index (χ1v) is 13.8. The Hall–Kier alpha value is -2.54. The number of anilines is 2. The Labute approximate surface area is 203 Å². The monoisotopic (exact) mass is 548 g/mol. The highest BCUT2D eigenvalue weighted by atomic mass is 35.5. The molecule has 2 aromatic carbocycles. The molecular formula is C21H16ClF3N2O4S3. The highest BCUT2D eigenvalue weighted by Gasteiger charge is 2.33. The lowest BCUT2D eigenvalue weighted by molar-refractivity contribution is -0.137. The molecule has 1 aliphatic rings. The molecule has 4 rings (SSSR count). The topological polar surface area (TPSA) is 92.3 Å². The van der Waals surface area contributed by atoms with E-state index in [0.29, 0.717) is 12.1 Å². The molecule has 0 atom stereocenters. The lowest BCUT2D eigenvalue weighted by Crippen LogP contribution is -2.18. The molecule has 0 saturated heterocycles. The van der Waals surface area contributed by atoms with Gasteiger partial charge >= 0.3 is 6.18 Å². The molecule has 0 saturated carbocycles.